The van der Waals surface area contributed by atoms with Crippen LogP contribution in [0.15, 0.2) is 42.5 Å². The number of halogens is 1. The first-order valence-electron chi connectivity index (χ1n) is 9.64. The van der Waals surface area contributed by atoms with Crippen molar-refractivity contribution in [1.82, 2.24) is 5.32 Å². The van der Waals surface area contributed by atoms with Crippen molar-refractivity contribution < 1.29 is 24.0 Å². The first-order chi connectivity index (χ1) is 14.9. The largest absolute Gasteiger partial charge is 0.445 e. The molecule has 10 heteroatoms. The van der Waals surface area contributed by atoms with Gasteiger partial charge in [-0.1, -0.05) is 30.3 Å². The van der Waals surface area contributed by atoms with Crippen LogP contribution in [0.4, 0.5) is 20.6 Å². The van der Waals surface area contributed by atoms with Crippen LogP contribution in [0.25, 0.3) is 0 Å². The minimum Gasteiger partial charge on any atom is -0.445 e. The van der Waals surface area contributed by atoms with Gasteiger partial charge in [0.2, 0.25) is 0 Å². The monoisotopic (exact) mass is 430 g/mol. The summed E-state index contributed by atoms with van der Waals surface area (Å²) in [5.41, 5.74) is -0.234. The number of aliphatic hydroxyl groups excluding tert-OH is 1. The van der Waals surface area contributed by atoms with E-state index in [0.717, 1.165) is 17.7 Å². The number of unbranched alkanes of at least 4 members (excludes halogenated alkanes) is 1. The number of nitrogens with one attached hydrogen (secondary N) is 2. The quantitative estimate of drug-likeness (QED) is 0.282. The van der Waals surface area contributed by atoms with Gasteiger partial charge >= 0.3 is 6.09 Å². The van der Waals surface area contributed by atoms with Crippen LogP contribution in [-0.2, 0) is 11.3 Å². The van der Waals surface area contributed by atoms with Crippen molar-refractivity contribution in [2.75, 3.05) is 18.5 Å². The van der Waals surface area contributed by atoms with Crippen LogP contribution in [0.3, 0.4) is 0 Å². The molecule has 0 fully saturated rings. The normalized spacial score (nSPS) is 11.3. The van der Waals surface area contributed by atoms with Gasteiger partial charge in [-0.2, -0.15) is 5.26 Å². The fourth-order valence-corrected chi connectivity index (χ4v) is 2.84. The van der Waals surface area contributed by atoms with Gasteiger partial charge in [0, 0.05) is 18.7 Å². The van der Waals surface area contributed by atoms with Gasteiger partial charge in [-0.05, 0) is 30.9 Å². The molecule has 1 atom stereocenters. The first kappa shape index (κ1) is 23.6. The highest BCUT2D eigenvalue weighted by atomic mass is 19.1. The summed E-state index contributed by atoms with van der Waals surface area (Å²) in [6.45, 7) is 0.137. The summed E-state index contributed by atoms with van der Waals surface area (Å²) in [5.74, 6) is -0.938. The number of hydrogen-bond acceptors (Lipinski definition) is 7. The second kappa shape index (κ2) is 12.1. The maximum absolute atomic E-state index is 14.2. The molecule has 0 radical (unpaired) electrons. The number of nitrogens with zero attached hydrogens (tertiary/aromatic N) is 2. The summed E-state index contributed by atoms with van der Waals surface area (Å²) in [7, 11) is 0. The van der Waals surface area contributed by atoms with Crippen molar-refractivity contribution in [3.05, 3.63) is 69.5 Å². The maximum Gasteiger partial charge on any atom is 0.407 e. The summed E-state index contributed by atoms with van der Waals surface area (Å²) in [6, 6.07) is 12.2. The summed E-state index contributed by atoms with van der Waals surface area (Å²) in [4.78, 5) is 22.1. The highest BCUT2D eigenvalue weighted by Crippen LogP contribution is 2.30. The molecule has 0 aliphatic carbocycles. The minimum atomic E-state index is -0.938. The van der Waals surface area contributed by atoms with E-state index < -0.39 is 28.6 Å². The van der Waals surface area contributed by atoms with Crippen LogP contribution in [0.2, 0.25) is 0 Å². The molecule has 0 bridgehead atoms. The highest BCUT2D eigenvalue weighted by molar-refractivity contribution is 5.67. The Morgan fingerprint density at radius 2 is 2.03 bits per heavy atom. The van der Waals surface area contributed by atoms with Gasteiger partial charge in [0.25, 0.3) is 5.69 Å². The molecule has 0 spiro atoms. The number of amides is 1. The molecule has 1 amide bonds. The standard InChI is InChI=1S/C21H23FN4O5/c22-18-10-16(12-23)11-19(26(29)30)20(18)25-17(13-27)8-4-5-9-24-21(28)31-14-15-6-2-1-3-7-15/h1-3,6-7,10-11,17,25,27H,4-5,8-9,13-14H2,(H,24,28)/t17-/m0/s1. The van der Waals surface area contributed by atoms with E-state index >= 15 is 0 Å². The van der Waals surface area contributed by atoms with Crippen molar-refractivity contribution in [2.45, 2.75) is 31.9 Å². The smallest absolute Gasteiger partial charge is 0.407 e. The molecule has 0 saturated carbocycles. The number of carbonyl (C=O) groups excluding carboxylic acids is 1. The molecule has 0 aromatic heterocycles. The average molecular weight is 430 g/mol. The zero-order valence-electron chi connectivity index (χ0n) is 16.7. The predicted octanol–water partition coefficient (Wildman–Crippen LogP) is 3.48. The Kier molecular flexibility index (Phi) is 9.19. The fraction of sp³-hybridized carbons (Fsp3) is 0.333. The second-order valence-electron chi connectivity index (χ2n) is 6.73. The number of nitro benzene ring substituents is 1. The number of aliphatic hydroxyl groups is 1. The van der Waals surface area contributed by atoms with E-state index in [-0.39, 0.29) is 24.5 Å². The molecule has 0 aliphatic rings. The number of anilines is 1. The lowest BCUT2D eigenvalue weighted by molar-refractivity contribution is -0.384. The Labute approximate surface area is 178 Å². The van der Waals surface area contributed by atoms with E-state index in [1.54, 1.807) is 6.07 Å². The topological polar surface area (TPSA) is 138 Å². The van der Waals surface area contributed by atoms with Crippen molar-refractivity contribution in [1.29, 1.82) is 5.26 Å². The molecule has 3 N–H and O–H groups in total. The Hall–Kier alpha value is -3.71. The fourth-order valence-electron chi connectivity index (χ4n) is 2.84. The number of ether oxygens (including phenoxy) is 1. The number of hydrogen-bond donors (Lipinski definition) is 3. The van der Waals surface area contributed by atoms with Crippen molar-refractivity contribution in [2.24, 2.45) is 0 Å². The number of nitro groups is 1. The molecule has 9 nitrogen and oxygen atoms in total. The molecule has 31 heavy (non-hydrogen) atoms. The Morgan fingerprint density at radius 1 is 1.29 bits per heavy atom. The third kappa shape index (κ3) is 7.56. The molecule has 0 aliphatic heterocycles. The van der Waals surface area contributed by atoms with E-state index in [1.807, 2.05) is 30.3 Å². The lowest BCUT2D eigenvalue weighted by Crippen LogP contribution is -2.27. The van der Waals surface area contributed by atoms with Crippen LogP contribution in [-0.4, -0.2) is 35.3 Å². The Bertz CT molecular complexity index is 933. The predicted molar refractivity (Wildman–Crippen MR) is 111 cm³/mol. The summed E-state index contributed by atoms with van der Waals surface area (Å²) in [6.07, 6.45) is 0.962. The van der Waals surface area contributed by atoms with Gasteiger partial charge in [0.05, 0.1) is 23.2 Å². The molecular formula is C21H23FN4O5. The molecule has 0 heterocycles. The molecule has 0 saturated heterocycles. The zero-order valence-corrected chi connectivity index (χ0v) is 16.7. The van der Waals surface area contributed by atoms with E-state index in [2.05, 4.69) is 10.6 Å². The highest BCUT2D eigenvalue weighted by Gasteiger charge is 2.22. The van der Waals surface area contributed by atoms with Gasteiger partial charge in [-0.25, -0.2) is 9.18 Å². The van der Waals surface area contributed by atoms with E-state index in [9.17, 15) is 24.4 Å². The van der Waals surface area contributed by atoms with Gasteiger partial charge < -0.3 is 20.5 Å². The zero-order chi connectivity index (χ0) is 22.6. The molecule has 2 rings (SSSR count). The van der Waals surface area contributed by atoms with Crippen LogP contribution >= 0.6 is 0 Å². The van der Waals surface area contributed by atoms with E-state index in [0.29, 0.717) is 25.8 Å². The molecule has 164 valence electrons. The first-order valence-corrected chi connectivity index (χ1v) is 9.64. The molecule has 0 unspecified atom stereocenters. The van der Waals surface area contributed by atoms with Crippen molar-refractivity contribution >= 4 is 17.5 Å². The molecule has 2 aromatic carbocycles. The number of rotatable bonds is 11. The third-order valence-corrected chi connectivity index (χ3v) is 4.43. The van der Waals surface area contributed by atoms with Crippen LogP contribution in [0, 0.1) is 27.3 Å². The third-order valence-electron chi connectivity index (χ3n) is 4.43. The van der Waals surface area contributed by atoms with Crippen LogP contribution in [0.5, 0.6) is 0 Å². The van der Waals surface area contributed by atoms with Gasteiger partial charge in [0.1, 0.15) is 12.3 Å². The average Bonchev–Trinajstić information content (AvgIpc) is 2.77. The maximum atomic E-state index is 14.2. The Morgan fingerprint density at radius 3 is 2.68 bits per heavy atom. The summed E-state index contributed by atoms with van der Waals surface area (Å²) in [5, 5.41) is 34.8. The number of alkyl carbamates (subject to hydrolysis) is 1. The minimum absolute atomic E-state index is 0.165. The van der Waals surface area contributed by atoms with Crippen LogP contribution < -0.4 is 10.6 Å². The van der Waals surface area contributed by atoms with E-state index in [4.69, 9.17) is 10.00 Å². The molecular weight excluding hydrogens is 407 g/mol. The van der Waals surface area contributed by atoms with Crippen LogP contribution in [0.1, 0.15) is 30.4 Å². The Balaban J connectivity index is 1.77. The van der Waals surface area contributed by atoms with E-state index in [1.165, 1.54) is 0 Å². The lowest BCUT2D eigenvalue weighted by Gasteiger charge is -2.18. The summed E-state index contributed by atoms with van der Waals surface area (Å²) < 4.78 is 19.3. The summed E-state index contributed by atoms with van der Waals surface area (Å²) >= 11 is 0. The van der Waals surface area contributed by atoms with Gasteiger partial charge in [-0.15, -0.1) is 0 Å². The number of carbonyl (C=O) groups is 1. The lowest BCUT2D eigenvalue weighted by atomic mass is 10.1. The van der Waals surface area contributed by atoms with Crippen molar-refractivity contribution in [3.8, 4) is 6.07 Å². The SMILES string of the molecule is N#Cc1cc(F)c(N[C@H](CO)CCCCNC(=O)OCc2ccccc2)c([N+](=O)[O-])c1. The second-order valence-corrected chi connectivity index (χ2v) is 6.73. The van der Waals surface area contributed by atoms with Crippen molar-refractivity contribution in [3.63, 3.8) is 0 Å². The van der Waals surface area contributed by atoms with Gasteiger partial charge in [-0.3, -0.25) is 10.1 Å². The number of benzene rings is 2. The molecule has 2 aromatic rings. The van der Waals surface area contributed by atoms with Gasteiger partial charge in [0.15, 0.2) is 5.82 Å². The number of nitriles is 1.